The van der Waals surface area contributed by atoms with Crippen molar-refractivity contribution >= 4 is 20.0 Å². The number of nitrogens with one attached hydrogen (secondary N) is 1. The molecule has 0 saturated carbocycles. The number of nitrogens with zero attached hydrogens (tertiary/aromatic N) is 1. The SMILES string of the molecule is Cc1ccc(CS(=O)(=O)NCCN2CCCCS2(=O)=O)cc1. The first-order valence-electron chi connectivity index (χ1n) is 7.29. The largest absolute Gasteiger partial charge is 0.215 e. The molecule has 0 spiro atoms. The van der Waals surface area contributed by atoms with Gasteiger partial charge in [0.25, 0.3) is 0 Å². The van der Waals surface area contributed by atoms with Gasteiger partial charge in [-0.2, -0.15) is 0 Å². The van der Waals surface area contributed by atoms with E-state index in [1.165, 1.54) is 4.31 Å². The summed E-state index contributed by atoms with van der Waals surface area (Å²) in [5, 5.41) is 0. The number of rotatable bonds is 6. The molecule has 0 aliphatic carbocycles. The molecule has 0 atom stereocenters. The predicted octanol–water partition coefficient (Wildman–Crippen LogP) is 0.840. The van der Waals surface area contributed by atoms with Crippen LogP contribution >= 0.6 is 0 Å². The van der Waals surface area contributed by atoms with Gasteiger partial charge in [0, 0.05) is 19.6 Å². The van der Waals surface area contributed by atoms with Gasteiger partial charge >= 0.3 is 0 Å². The van der Waals surface area contributed by atoms with E-state index in [2.05, 4.69) is 4.72 Å². The van der Waals surface area contributed by atoms with E-state index in [-0.39, 0.29) is 24.6 Å². The minimum absolute atomic E-state index is 0.0972. The fourth-order valence-corrected chi connectivity index (χ4v) is 5.11. The second kappa shape index (κ2) is 7.08. The summed E-state index contributed by atoms with van der Waals surface area (Å²) >= 11 is 0. The van der Waals surface area contributed by atoms with Gasteiger partial charge in [-0.3, -0.25) is 0 Å². The molecule has 8 heteroatoms. The Hall–Kier alpha value is -0.960. The van der Waals surface area contributed by atoms with E-state index in [1.54, 1.807) is 12.1 Å². The van der Waals surface area contributed by atoms with Crippen LogP contribution in [-0.2, 0) is 25.8 Å². The number of hydrogen-bond donors (Lipinski definition) is 1. The molecule has 1 aliphatic heterocycles. The van der Waals surface area contributed by atoms with Gasteiger partial charge in [-0.1, -0.05) is 29.8 Å². The molecule has 1 N–H and O–H groups in total. The van der Waals surface area contributed by atoms with Crippen LogP contribution < -0.4 is 4.72 Å². The molecule has 0 unspecified atom stereocenters. The molecule has 1 aromatic carbocycles. The molecule has 1 fully saturated rings. The standard InChI is InChI=1S/C14H22N2O4S2/c1-13-4-6-14(7-5-13)12-21(17,18)15-8-10-16-9-2-3-11-22(16,19)20/h4-7,15H,2-3,8-12H2,1H3. The van der Waals surface area contributed by atoms with Gasteiger partial charge < -0.3 is 0 Å². The molecule has 0 aromatic heterocycles. The van der Waals surface area contributed by atoms with Gasteiger partial charge in [-0.15, -0.1) is 0 Å². The zero-order valence-electron chi connectivity index (χ0n) is 12.7. The number of sulfonamides is 2. The van der Waals surface area contributed by atoms with Gasteiger partial charge in [0.05, 0.1) is 11.5 Å². The summed E-state index contributed by atoms with van der Waals surface area (Å²) in [6.07, 6.45) is 1.51. The second-order valence-electron chi connectivity index (χ2n) is 5.56. The first-order chi connectivity index (χ1) is 10.3. The zero-order chi connectivity index (χ0) is 16.2. The summed E-state index contributed by atoms with van der Waals surface area (Å²) < 4.78 is 51.5. The number of hydrogen-bond acceptors (Lipinski definition) is 4. The lowest BCUT2D eigenvalue weighted by molar-refractivity contribution is 0.386. The summed E-state index contributed by atoms with van der Waals surface area (Å²) in [6.45, 7) is 2.71. The third kappa shape index (κ3) is 5.05. The molecule has 0 amide bonds. The molecule has 1 heterocycles. The van der Waals surface area contributed by atoms with Gasteiger partial charge in [-0.05, 0) is 25.3 Å². The Morgan fingerprint density at radius 3 is 2.50 bits per heavy atom. The molecule has 1 aromatic rings. The van der Waals surface area contributed by atoms with Crippen LogP contribution in [0.5, 0.6) is 0 Å². The predicted molar refractivity (Wildman–Crippen MR) is 86.4 cm³/mol. The molecule has 1 saturated heterocycles. The molecule has 124 valence electrons. The van der Waals surface area contributed by atoms with Crippen LogP contribution in [0.3, 0.4) is 0 Å². The van der Waals surface area contributed by atoms with Crippen molar-refractivity contribution < 1.29 is 16.8 Å². The maximum absolute atomic E-state index is 12.0. The Bertz CT molecular complexity index is 697. The molecule has 0 radical (unpaired) electrons. The topological polar surface area (TPSA) is 83.6 Å². The van der Waals surface area contributed by atoms with E-state index in [1.807, 2.05) is 19.1 Å². The van der Waals surface area contributed by atoms with Crippen molar-refractivity contribution in [3.63, 3.8) is 0 Å². The Morgan fingerprint density at radius 1 is 1.18 bits per heavy atom. The third-order valence-corrected chi connectivity index (χ3v) is 6.93. The summed E-state index contributed by atoms with van der Waals surface area (Å²) in [5.41, 5.74) is 1.79. The van der Waals surface area contributed by atoms with Crippen molar-refractivity contribution in [3.05, 3.63) is 35.4 Å². The van der Waals surface area contributed by atoms with Crippen molar-refractivity contribution in [2.45, 2.75) is 25.5 Å². The molecule has 1 aliphatic rings. The van der Waals surface area contributed by atoms with E-state index in [9.17, 15) is 16.8 Å². The van der Waals surface area contributed by atoms with Gasteiger partial charge in [0.2, 0.25) is 20.0 Å². The minimum atomic E-state index is -3.46. The monoisotopic (exact) mass is 346 g/mol. The van der Waals surface area contributed by atoms with E-state index >= 15 is 0 Å². The van der Waals surface area contributed by atoms with Crippen LogP contribution in [0.15, 0.2) is 24.3 Å². The average molecular weight is 346 g/mol. The lowest BCUT2D eigenvalue weighted by Gasteiger charge is -2.26. The fraction of sp³-hybridized carbons (Fsp3) is 0.571. The van der Waals surface area contributed by atoms with Gasteiger partial charge in [0.1, 0.15) is 0 Å². The van der Waals surface area contributed by atoms with Crippen LogP contribution in [0.1, 0.15) is 24.0 Å². The molecular formula is C14H22N2O4S2. The minimum Gasteiger partial charge on any atom is -0.214 e. The summed E-state index contributed by atoms with van der Waals surface area (Å²) in [7, 11) is -6.66. The normalized spacial score (nSPS) is 19.1. The third-order valence-electron chi connectivity index (χ3n) is 3.61. The zero-order valence-corrected chi connectivity index (χ0v) is 14.3. The highest BCUT2D eigenvalue weighted by atomic mass is 32.2. The van der Waals surface area contributed by atoms with Crippen LogP contribution in [-0.4, -0.2) is 46.5 Å². The highest BCUT2D eigenvalue weighted by Crippen LogP contribution is 2.12. The van der Waals surface area contributed by atoms with Crippen LogP contribution in [0.4, 0.5) is 0 Å². The molecular weight excluding hydrogens is 324 g/mol. The van der Waals surface area contributed by atoms with Gasteiger partial charge in [-0.25, -0.2) is 25.9 Å². The maximum Gasteiger partial charge on any atom is 0.215 e. The summed E-state index contributed by atoms with van der Waals surface area (Å²) in [6, 6.07) is 7.30. The molecule has 6 nitrogen and oxygen atoms in total. The second-order valence-corrected chi connectivity index (χ2v) is 9.46. The Morgan fingerprint density at radius 2 is 1.86 bits per heavy atom. The van der Waals surface area contributed by atoms with Crippen LogP contribution in [0, 0.1) is 6.92 Å². The van der Waals surface area contributed by atoms with Crippen LogP contribution in [0.2, 0.25) is 0 Å². The average Bonchev–Trinajstić information content (AvgIpc) is 2.43. The van der Waals surface area contributed by atoms with Gasteiger partial charge in [0.15, 0.2) is 0 Å². The smallest absolute Gasteiger partial charge is 0.214 e. The van der Waals surface area contributed by atoms with E-state index < -0.39 is 20.0 Å². The van der Waals surface area contributed by atoms with E-state index in [4.69, 9.17) is 0 Å². The lowest BCUT2D eigenvalue weighted by atomic mass is 10.2. The van der Waals surface area contributed by atoms with Crippen molar-refractivity contribution in [3.8, 4) is 0 Å². The lowest BCUT2D eigenvalue weighted by Crippen LogP contribution is -2.42. The van der Waals surface area contributed by atoms with Crippen molar-refractivity contribution in [2.24, 2.45) is 0 Å². The van der Waals surface area contributed by atoms with Crippen LogP contribution in [0.25, 0.3) is 0 Å². The maximum atomic E-state index is 12.0. The van der Waals surface area contributed by atoms with Crippen molar-refractivity contribution in [1.82, 2.24) is 9.03 Å². The summed E-state index contributed by atoms with van der Waals surface area (Å²) in [5.74, 6) is 0.0587. The quantitative estimate of drug-likeness (QED) is 0.827. The van der Waals surface area contributed by atoms with Crippen molar-refractivity contribution in [1.29, 1.82) is 0 Å². The highest BCUT2D eigenvalue weighted by molar-refractivity contribution is 7.89. The van der Waals surface area contributed by atoms with E-state index in [0.717, 1.165) is 12.0 Å². The fourth-order valence-electron chi connectivity index (χ4n) is 2.37. The molecule has 0 bridgehead atoms. The first kappa shape index (κ1) is 17.4. The number of aryl methyl sites for hydroxylation is 1. The highest BCUT2D eigenvalue weighted by Gasteiger charge is 2.25. The molecule has 22 heavy (non-hydrogen) atoms. The Kier molecular flexibility index (Phi) is 5.60. The molecule has 2 rings (SSSR count). The Labute approximate surface area is 132 Å². The number of benzene rings is 1. The van der Waals surface area contributed by atoms with Crippen molar-refractivity contribution in [2.75, 3.05) is 25.4 Å². The summed E-state index contributed by atoms with van der Waals surface area (Å²) in [4.78, 5) is 0. The Balaban J connectivity index is 1.86. The first-order valence-corrected chi connectivity index (χ1v) is 10.6. The van der Waals surface area contributed by atoms with E-state index in [0.29, 0.717) is 18.5 Å².